The smallest absolute Gasteiger partial charge is 0.328 e. The Labute approximate surface area is 209 Å². The molecule has 0 aliphatic carbocycles. The minimum absolute atomic E-state index is 0.00661. The van der Waals surface area contributed by atoms with Crippen LogP contribution in [0.1, 0.15) is 52.5 Å². The number of carbonyl (C=O) groups is 3. The fourth-order valence-corrected chi connectivity index (χ4v) is 4.97. The van der Waals surface area contributed by atoms with Gasteiger partial charge < -0.3 is 9.64 Å². The highest BCUT2D eigenvalue weighted by Gasteiger charge is 2.30. The number of pyridine rings is 2. The highest BCUT2D eigenvalue weighted by atomic mass is 16.5. The number of aldehydes is 1. The van der Waals surface area contributed by atoms with Crippen molar-refractivity contribution in [3.05, 3.63) is 46.3 Å². The van der Waals surface area contributed by atoms with Gasteiger partial charge in [0.2, 0.25) is 5.91 Å². The molecule has 0 saturated carbocycles. The summed E-state index contributed by atoms with van der Waals surface area (Å²) in [6, 6.07) is 5.40. The summed E-state index contributed by atoms with van der Waals surface area (Å²) in [5.41, 5.74) is 3.12. The van der Waals surface area contributed by atoms with Crippen LogP contribution in [0, 0.1) is 23.2 Å². The molecule has 3 aliphatic heterocycles. The number of hydrogen-bond acceptors (Lipinski definition) is 7. The molecule has 3 amide bonds. The molecule has 1 N–H and O–H groups in total. The third-order valence-corrected chi connectivity index (χ3v) is 7.12. The first-order valence-electron chi connectivity index (χ1n) is 12.3. The lowest BCUT2D eigenvalue weighted by Crippen LogP contribution is -2.40. The van der Waals surface area contributed by atoms with E-state index in [0.29, 0.717) is 74.2 Å². The van der Waals surface area contributed by atoms with E-state index in [1.807, 2.05) is 13.0 Å². The number of ether oxygens (including phenoxy) is 1. The lowest BCUT2D eigenvalue weighted by molar-refractivity contribution is -0.131. The van der Waals surface area contributed by atoms with Crippen LogP contribution in [0.5, 0.6) is 0 Å². The zero-order chi connectivity index (χ0) is 25.2. The second-order valence-corrected chi connectivity index (χ2v) is 9.71. The highest BCUT2D eigenvalue weighted by molar-refractivity contribution is 6.01. The number of likely N-dealkylation sites (tertiary alicyclic amines) is 1. The zero-order valence-electron chi connectivity index (χ0n) is 20.2. The average Bonchev–Trinajstić information content (AvgIpc) is 3.17. The molecule has 3 aliphatic rings. The molecule has 1 atom stereocenters. The van der Waals surface area contributed by atoms with E-state index in [2.05, 4.69) is 21.4 Å². The summed E-state index contributed by atoms with van der Waals surface area (Å²) in [5, 5.41) is 12.3. The van der Waals surface area contributed by atoms with Crippen LogP contribution < -0.4 is 10.2 Å². The first-order valence-corrected chi connectivity index (χ1v) is 12.3. The monoisotopic (exact) mass is 488 g/mol. The number of urea groups is 1. The van der Waals surface area contributed by atoms with Crippen molar-refractivity contribution in [2.75, 3.05) is 36.5 Å². The summed E-state index contributed by atoms with van der Waals surface area (Å²) < 4.78 is 5.24. The van der Waals surface area contributed by atoms with Gasteiger partial charge >= 0.3 is 6.03 Å². The van der Waals surface area contributed by atoms with E-state index >= 15 is 0 Å². The van der Waals surface area contributed by atoms with Gasteiger partial charge in [0, 0.05) is 43.2 Å². The Morgan fingerprint density at radius 2 is 2.14 bits per heavy atom. The van der Waals surface area contributed by atoms with Crippen LogP contribution in [0.25, 0.3) is 0 Å². The van der Waals surface area contributed by atoms with Crippen molar-refractivity contribution in [2.24, 2.45) is 11.8 Å². The number of nitrogens with one attached hydrogen (secondary N) is 1. The second kappa shape index (κ2) is 10.0. The first kappa shape index (κ1) is 23.9. The summed E-state index contributed by atoms with van der Waals surface area (Å²) in [6.07, 6.45) is 5.13. The van der Waals surface area contributed by atoms with Crippen molar-refractivity contribution in [3.63, 3.8) is 0 Å². The number of hydrogen-bond donors (Lipinski definition) is 1. The lowest BCUT2D eigenvalue weighted by atomic mass is 9.96. The number of nitrogens with zero attached hydrogens (tertiary/aromatic N) is 5. The fraction of sp³-hybridized carbons (Fsp3) is 0.462. The van der Waals surface area contributed by atoms with Crippen LogP contribution >= 0.6 is 0 Å². The van der Waals surface area contributed by atoms with Crippen molar-refractivity contribution in [1.82, 2.24) is 14.9 Å². The second-order valence-electron chi connectivity index (χ2n) is 9.71. The molecule has 0 unspecified atom stereocenters. The molecule has 2 aromatic rings. The largest absolute Gasteiger partial charge is 0.381 e. The van der Waals surface area contributed by atoms with E-state index in [0.717, 1.165) is 30.4 Å². The van der Waals surface area contributed by atoms with Gasteiger partial charge in [0.25, 0.3) is 0 Å². The molecule has 2 fully saturated rings. The van der Waals surface area contributed by atoms with Gasteiger partial charge in [-0.1, -0.05) is 6.92 Å². The maximum Gasteiger partial charge on any atom is 0.328 e. The summed E-state index contributed by atoms with van der Waals surface area (Å²) in [6.45, 7) is 4.70. The summed E-state index contributed by atoms with van der Waals surface area (Å²) in [7, 11) is 0. The van der Waals surface area contributed by atoms with Gasteiger partial charge in [-0.3, -0.25) is 19.8 Å². The number of nitriles is 1. The molecule has 36 heavy (non-hydrogen) atoms. The van der Waals surface area contributed by atoms with Gasteiger partial charge in [0.05, 0.1) is 18.8 Å². The summed E-state index contributed by atoms with van der Waals surface area (Å²) >= 11 is 0. The molecule has 0 radical (unpaired) electrons. The lowest BCUT2D eigenvalue weighted by Gasteiger charge is -2.29. The Morgan fingerprint density at radius 3 is 2.81 bits per heavy atom. The topological polar surface area (TPSA) is 129 Å². The average molecular weight is 489 g/mol. The molecule has 0 aromatic carbocycles. The zero-order valence-corrected chi connectivity index (χ0v) is 20.2. The quantitative estimate of drug-likeness (QED) is 0.619. The van der Waals surface area contributed by atoms with Crippen LogP contribution in [-0.2, 0) is 28.9 Å². The van der Waals surface area contributed by atoms with Gasteiger partial charge in [-0.25, -0.2) is 14.8 Å². The number of aromatic nitrogens is 2. The first-order chi connectivity index (χ1) is 17.5. The van der Waals surface area contributed by atoms with Crippen molar-refractivity contribution < 1.29 is 19.1 Å². The van der Waals surface area contributed by atoms with Crippen LogP contribution in [0.2, 0.25) is 0 Å². The number of amides is 3. The van der Waals surface area contributed by atoms with E-state index in [1.165, 1.54) is 11.1 Å². The van der Waals surface area contributed by atoms with Crippen molar-refractivity contribution in [2.45, 2.75) is 39.2 Å². The normalized spacial score (nSPS) is 19.4. The minimum atomic E-state index is -0.397. The maximum atomic E-state index is 13.2. The van der Waals surface area contributed by atoms with Crippen LogP contribution in [0.4, 0.5) is 16.4 Å². The van der Waals surface area contributed by atoms with Gasteiger partial charge in [-0.05, 0) is 48.9 Å². The predicted octanol–water partition coefficient (Wildman–Crippen LogP) is 2.70. The molecular weight excluding hydrogens is 460 g/mol. The van der Waals surface area contributed by atoms with E-state index in [1.54, 1.807) is 11.0 Å². The van der Waals surface area contributed by atoms with E-state index in [-0.39, 0.29) is 17.5 Å². The van der Waals surface area contributed by atoms with Gasteiger partial charge in [-0.2, -0.15) is 5.26 Å². The Hall–Kier alpha value is -3.84. The predicted molar refractivity (Wildman–Crippen MR) is 130 cm³/mol. The van der Waals surface area contributed by atoms with Crippen LogP contribution in [-0.4, -0.2) is 59.4 Å². The number of carbonyl (C=O) groups excluding carboxylic acids is 3. The van der Waals surface area contributed by atoms with E-state index < -0.39 is 6.03 Å². The van der Waals surface area contributed by atoms with E-state index in [9.17, 15) is 19.6 Å². The number of fused-ring (bicyclic) bond motifs is 1. The van der Waals surface area contributed by atoms with Crippen LogP contribution in [0.15, 0.2) is 18.3 Å². The fourth-order valence-electron chi connectivity index (χ4n) is 4.97. The molecule has 0 spiro atoms. The van der Waals surface area contributed by atoms with Gasteiger partial charge in [0.1, 0.15) is 23.4 Å². The van der Waals surface area contributed by atoms with Crippen LogP contribution in [0.3, 0.4) is 0 Å². The molecule has 5 heterocycles. The third-order valence-electron chi connectivity index (χ3n) is 7.12. The van der Waals surface area contributed by atoms with Crippen molar-refractivity contribution in [3.8, 4) is 6.07 Å². The van der Waals surface area contributed by atoms with Gasteiger partial charge in [0.15, 0.2) is 6.29 Å². The van der Waals surface area contributed by atoms with Crippen molar-refractivity contribution in [1.29, 1.82) is 5.26 Å². The number of anilines is 2. The molecule has 2 aromatic heterocycles. The highest BCUT2D eigenvalue weighted by Crippen LogP contribution is 2.30. The molecule has 2 saturated heterocycles. The Bertz CT molecular complexity index is 1250. The Morgan fingerprint density at radius 1 is 1.31 bits per heavy atom. The van der Waals surface area contributed by atoms with Gasteiger partial charge in [-0.15, -0.1) is 0 Å². The third kappa shape index (κ3) is 4.66. The molecule has 186 valence electrons. The van der Waals surface area contributed by atoms with E-state index in [4.69, 9.17) is 4.74 Å². The summed E-state index contributed by atoms with van der Waals surface area (Å²) in [5.74, 6) is 1.25. The SMILES string of the molecule is C[C@H]1CCN(Cc2cc3c(nc2C=O)N(C(=O)Nc2cc(CC4COC4)c(C#N)cn2)CCC3)C1=O. The molecule has 10 nitrogen and oxygen atoms in total. The maximum absolute atomic E-state index is 13.2. The number of rotatable bonds is 6. The Balaban J connectivity index is 1.36. The molecular formula is C26H28N6O4. The molecule has 0 bridgehead atoms. The standard InChI is InChI=1S/C26H28N6O4/c1-16-4-6-31(25(16)34)12-20-8-18-3-2-5-32(24(18)29-22(20)13-33)26(35)30-23-9-19(7-17-14-36-15-17)21(10-27)11-28-23/h8-9,11,13,16-17H,2-7,12,14-15H2,1H3,(H,28,30,35)/t16-/m0/s1. The number of aryl methyl sites for hydroxylation is 1. The Kier molecular flexibility index (Phi) is 6.65. The minimum Gasteiger partial charge on any atom is -0.381 e. The molecule has 5 rings (SSSR count). The summed E-state index contributed by atoms with van der Waals surface area (Å²) in [4.78, 5) is 49.6. The van der Waals surface area contributed by atoms with Crippen molar-refractivity contribution >= 4 is 29.9 Å². The molecule has 10 heteroatoms.